The van der Waals surface area contributed by atoms with E-state index in [9.17, 15) is 9.59 Å². The van der Waals surface area contributed by atoms with Gasteiger partial charge in [-0.2, -0.15) is 0 Å². The van der Waals surface area contributed by atoms with E-state index < -0.39 is 5.56 Å². The first-order chi connectivity index (χ1) is 9.86. The van der Waals surface area contributed by atoms with Gasteiger partial charge < -0.3 is 9.88 Å². The van der Waals surface area contributed by atoms with Gasteiger partial charge in [0, 0.05) is 11.9 Å². The van der Waals surface area contributed by atoms with Crippen molar-refractivity contribution in [3.63, 3.8) is 0 Å². The summed E-state index contributed by atoms with van der Waals surface area (Å²) < 4.78 is 1.18. The summed E-state index contributed by atoms with van der Waals surface area (Å²) in [6, 6.07) is 7.06. The first-order valence-electron chi connectivity index (χ1n) is 6.29. The Morgan fingerprint density at radius 3 is 2.62 bits per heavy atom. The van der Waals surface area contributed by atoms with E-state index in [1.54, 1.807) is 0 Å². The molecule has 4 nitrogen and oxygen atoms in total. The second-order valence-electron chi connectivity index (χ2n) is 4.81. The zero-order valence-corrected chi connectivity index (χ0v) is 13.1. The molecule has 0 radical (unpaired) electrons. The fourth-order valence-corrected chi connectivity index (χ4v) is 2.49. The Kier molecular flexibility index (Phi) is 4.70. The predicted octanol–water partition coefficient (Wildman–Crippen LogP) is 3.41. The molecule has 1 amide bonds. The summed E-state index contributed by atoms with van der Waals surface area (Å²) in [5, 5.41) is 3.06. The molecule has 1 aromatic carbocycles. The minimum absolute atomic E-state index is 0.0122. The molecule has 6 heteroatoms. The molecule has 0 bridgehead atoms. The maximum absolute atomic E-state index is 12.0. The number of carbonyl (C=O) groups excluding carboxylic acids is 1. The van der Waals surface area contributed by atoms with E-state index in [1.807, 2.05) is 32.0 Å². The van der Waals surface area contributed by atoms with Crippen LogP contribution >= 0.6 is 23.2 Å². The lowest BCUT2D eigenvalue weighted by Gasteiger charge is -2.10. The normalized spacial score (nSPS) is 10.5. The first-order valence-corrected chi connectivity index (χ1v) is 7.05. The monoisotopic (exact) mass is 324 g/mol. The second kappa shape index (κ2) is 6.33. The third-order valence-electron chi connectivity index (χ3n) is 2.98. The maximum Gasteiger partial charge on any atom is 0.269 e. The van der Waals surface area contributed by atoms with Crippen LogP contribution in [-0.4, -0.2) is 10.5 Å². The van der Waals surface area contributed by atoms with Crippen LogP contribution in [0, 0.1) is 13.8 Å². The Morgan fingerprint density at radius 1 is 1.24 bits per heavy atom. The van der Waals surface area contributed by atoms with Crippen LogP contribution in [0.4, 0.5) is 5.69 Å². The number of carbonyl (C=O) groups is 1. The fraction of sp³-hybridized carbons (Fsp3) is 0.200. The molecule has 0 unspecified atom stereocenters. The van der Waals surface area contributed by atoms with Gasteiger partial charge >= 0.3 is 0 Å². The van der Waals surface area contributed by atoms with E-state index in [0.29, 0.717) is 10.7 Å². The van der Waals surface area contributed by atoms with Gasteiger partial charge in [0.2, 0.25) is 5.91 Å². The quantitative estimate of drug-likeness (QED) is 0.940. The molecule has 0 spiro atoms. The Balaban J connectivity index is 2.17. The van der Waals surface area contributed by atoms with Crippen molar-refractivity contribution in [2.24, 2.45) is 0 Å². The standard InChI is InChI=1S/C15H14Cl2N2O2/c1-9-3-4-13(10(2)5-9)18-14(20)8-19-7-11(16)6-12(17)15(19)21/h3-7H,8H2,1-2H3,(H,18,20). The SMILES string of the molecule is Cc1ccc(NC(=O)Cn2cc(Cl)cc(Cl)c2=O)c(C)c1. The Bertz CT molecular complexity index is 754. The van der Waals surface area contributed by atoms with Crippen molar-refractivity contribution in [2.75, 3.05) is 5.32 Å². The third kappa shape index (κ3) is 3.86. The third-order valence-corrected chi connectivity index (χ3v) is 3.46. The van der Waals surface area contributed by atoms with E-state index in [1.165, 1.54) is 16.8 Å². The molecule has 110 valence electrons. The maximum atomic E-state index is 12.0. The second-order valence-corrected chi connectivity index (χ2v) is 5.65. The van der Waals surface area contributed by atoms with Crippen molar-refractivity contribution in [1.29, 1.82) is 0 Å². The molecule has 0 saturated heterocycles. The lowest BCUT2D eigenvalue weighted by molar-refractivity contribution is -0.116. The van der Waals surface area contributed by atoms with Crippen molar-refractivity contribution in [3.05, 3.63) is 62.0 Å². The number of aryl methyl sites for hydroxylation is 2. The highest BCUT2D eigenvalue weighted by Crippen LogP contribution is 2.16. The zero-order chi connectivity index (χ0) is 15.6. The Labute approximate surface area is 132 Å². The van der Waals surface area contributed by atoms with E-state index in [0.717, 1.165) is 11.1 Å². The van der Waals surface area contributed by atoms with E-state index in [4.69, 9.17) is 23.2 Å². The zero-order valence-electron chi connectivity index (χ0n) is 11.6. The van der Waals surface area contributed by atoms with Crippen LogP contribution in [0.25, 0.3) is 0 Å². The molecule has 1 heterocycles. The minimum Gasteiger partial charge on any atom is -0.324 e. The molecule has 0 saturated carbocycles. The summed E-state index contributed by atoms with van der Waals surface area (Å²) in [4.78, 5) is 23.8. The molecule has 2 rings (SSSR count). The molecule has 1 aromatic heterocycles. The van der Waals surface area contributed by atoms with Gasteiger partial charge in [-0.15, -0.1) is 0 Å². The summed E-state index contributed by atoms with van der Waals surface area (Å²) >= 11 is 11.6. The molecular weight excluding hydrogens is 311 g/mol. The lowest BCUT2D eigenvalue weighted by Crippen LogP contribution is -2.27. The summed E-state index contributed by atoms with van der Waals surface area (Å²) in [5.41, 5.74) is 2.34. The van der Waals surface area contributed by atoms with Crippen molar-refractivity contribution in [1.82, 2.24) is 4.57 Å². The van der Waals surface area contributed by atoms with Gasteiger partial charge in [-0.05, 0) is 31.5 Å². The van der Waals surface area contributed by atoms with E-state index in [2.05, 4.69) is 5.32 Å². The molecular formula is C15H14Cl2N2O2. The number of anilines is 1. The Morgan fingerprint density at radius 2 is 1.95 bits per heavy atom. The van der Waals surface area contributed by atoms with E-state index in [-0.39, 0.29) is 17.5 Å². The van der Waals surface area contributed by atoms with Crippen LogP contribution in [0.2, 0.25) is 10.0 Å². The van der Waals surface area contributed by atoms with Crippen molar-refractivity contribution in [3.8, 4) is 0 Å². The number of nitrogens with zero attached hydrogens (tertiary/aromatic N) is 1. The van der Waals surface area contributed by atoms with Gasteiger partial charge in [0.25, 0.3) is 5.56 Å². The topological polar surface area (TPSA) is 51.1 Å². The first kappa shape index (κ1) is 15.6. The smallest absolute Gasteiger partial charge is 0.269 e. The molecule has 0 aliphatic carbocycles. The van der Waals surface area contributed by atoms with Crippen molar-refractivity contribution < 1.29 is 4.79 Å². The van der Waals surface area contributed by atoms with Crippen molar-refractivity contribution in [2.45, 2.75) is 20.4 Å². The largest absolute Gasteiger partial charge is 0.324 e. The molecule has 0 aliphatic rings. The number of amides is 1. The minimum atomic E-state index is -0.447. The van der Waals surface area contributed by atoms with Crippen LogP contribution < -0.4 is 10.9 Å². The van der Waals surface area contributed by atoms with Gasteiger partial charge in [0.1, 0.15) is 11.6 Å². The van der Waals surface area contributed by atoms with Gasteiger partial charge in [0.05, 0.1) is 5.02 Å². The van der Waals surface area contributed by atoms with Gasteiger partial charge in [0.15, 0.2) is 0 Å². The highest BCUT2D eigenvalue weighted by Gasteiger charge is 2.09. The average molecular weight is 325 g/mol. The fourth-order valence-electron chi connectivity index (χ4n) is 1.98. The number of benzene rings is 1. The van der Waals surface area contributed by atoms with Crippen LogP contribution in [0.15, 0.2) is 35.3 Å². The summed E-state index contributed by atoms with van der Waals surface area (Å²) in [7, 11) is 0. The average Bonchev–Trinajstić information content (AvgIpc) is 2.38. The van der Waals surface area contributed by atoms with Gasteiger partial charge in [-0.3, -0.25) is 9.59 Å². The number of halogens is 2. The molecule has 21 heavy (non-hydrogen) atoms. The predicted molar refractivity (Wildman–Crippen MR) is 85.3 cm³/mol. The number of aromatic nitrogens is 1. The van der Waals surface area contributed by atoms with Crippen LogP contribution in [0.3, 0.4) is 0 Å². The molecule has 0 atom stereocenters. The van der Waals surface area contributed by atoms with Gasteiger partial charge in [-0.25, -0.2) is 0 Å². The number of pyridine rings is 1. The molecule has 2 aromatic rings. The highest BCUT2D eigenvalue weighted by atomic mass is 35.5. The molecule has 1 N–H and O–H groups in total. The number of hydrogen-bond acceptors (Lipinski definition) is 2. The van der Waals surface area contributed by atoms with Crippen LogP contribution in [0.1, 0.15) is 11.1 Å². The Hall–Kier alpha value is -1.78. The van der Waals surface area contributed by atoms with Crippen molar-refractivity contribution >= 4 is 34.8 Å². The molecule has 0 fully saturated rings. The number of rotatable bonds is 3. The summed E-state index contributed by atoms with van der Waals surface area (Å²) in [6.07, 6.45) is 1.39. The summed E-state index contributed by atoms with van der Waals surface area (Å²) in [6.45, 7) is 3.74. The molecule has 0 aliphatic heterocycles. The van der Waals surface area contributed by atoms with Crippen LogP contribution in [0.5, 0.6) is 0 Å². The van der Waals surface area contributed by atoms with Gasteiger partial charge in [-0.1, -0.05) is 40.9 Å². The number of nitrogens with one attached hydrogen (secondary N) is 1. The van der Waals surface area contributed by atoms with Crippen LogP contribution in [-0.2, 0) is 11.3 Å². The lowest BCUT2D eigenvalue weighted by atomic mass is 10.1. The number of hydrogen-bond donors (Lipinski definition) is 1. The highest BCUT2D eigenvalue weighted by molar-refractivity contribution is 6.34. The van der Waals surface area contributed by atoms with E-state index >= 15 is 0 Å². The summed E-state index contributed by atoms with van der Waals surface area (Å²) in [5.74, 6) is -0.317.